The minimum Gasteiger partial charge on any atom is -0.507 e. The summed E-state index contributed by atoms with van der Waals surface area (Å²) in [6, 6.07) is 10.2. The third kappa shape index (κ3) is 2.66. The predicted molar refractivity (Wildman–Crippen MR) is 74.0 cm³/mol. The zero-order chi connectivity index (χ0) is 15.0. The Morgan fingerprint density at radius 2 is 1.86 bits per heavy atom. The van der Waals surface area contributed by atoms with E-state index < -0.39 is 24.6 Å². The van der Waals surface area contributed by atoms with Crippen molar-refractivity contribution in [2.45, 2.75) is 24.6 Å². The number of benzene rings is 2. The van der Waals surface area contributed by atoms with E-state index in [2.05, 4.69) is 0 Å². The van der Waals surface area contributed by atoms with Crippen molar-refractivity contribution in [1.82, 2.24) is 0 Å². The van der Waals surface area contributed by atoms with E-state index in [1.54, 1.807) is 30.3 Å². The van der Waals surface area contributed by atoms with Crippen molar-refractivity contribution in [3.8, 4) is 11.5 Å². The first kappa shape index (κ1) is 14.1. The van der Waals surface area contributed by atoms with Crippen LogP contribution in [0.5, 0.6) is 11.5 Å². The Bertz CT molecular complexity index is 643. The number of aliphatic hydroxyl groups excluding tert-OH is 3. The number of aromatic hydroxyl groups is 1. The van der Waals surface area contributed by atoms with Crippen LogP contribution in [0.25, 0.3) is 10.8 Å². The van der Waals surface area contributed by atoms with E-state index >= 15 is 0 Å². The summed E-state index contributed by atoms with van der Waals surface area (Å²) in [5.41, 5.74) is 0. The first-order valence-electron chi connectivity index (χ1n) is 6.60. The number of phenols is 1. The van der Waals surface area contributed by atoms with Gasteiger partial charge in [0.2, 0.25) is 6.29 Å². The van der Waals surface area contributed by atoms with Crippen LogP contribution in [0, 0.1) is 0 Å². The quantitative estimate of drug-likeness (QED) is 0.638. The van der Waals surface area contributed by atoms with Crippen molar-refractivity contribution < 1.29 is 29.9 Å². The largest absolute Gasteiger partial charge is 0.507 e. The monoisotopic (exact) mass is 292 g/mol. The van der Waals surface area contributed by atoms with Gasteiger partial charge >= 0.3 is 0 Å². The smallest absolute Gasteiger partial charge is 0.228 e. The molecule has 21 heavy (non-hydrogen) atoms. The lowest BCUT2D eigenvalue weighted by Crippen LogP contribution is -2.54. The van der Waals surface area contributed by atoms with E-state index in [-0.39, 0.29) is 12.4 Å². The van der Waals surface area contributed by atoms with Gasteiger partial charge in [-0.3, -0.25) is 0 Å². The topological polar surface area (TPSA) is 99.4 Å². The number of ether oxygens (including phenoxy) is 2. The highest BCUT2D eigenvalue weighted by Crippen LogP contribution is 2.29. The Labute approximate surface area is 120 Å². The van der Waals surface area contributed by atoms with Crippen LogP contribution in [0.4, 0.5) is 0 Å². The molecule has 0 spiro atoms. The van der Waals surface area contributed by atoms with Crippen molar-refractivity contribution in [2.24, 2.45) is 0 Å². The van der Waals surface area contributed by atoms with Gasteiger partial charge in [-0.05, 0) is 23.6 Å². The van der Waals surface area contributed by atoms with E-state index in [0.717, 1.165) is 5.39 Å². The Kier molecular flexibility index (Phi) is 3.69. The molecule has 0 aliphatic carbocycles. The summed E-state index contributed by atoms with van der Waals surface area (Å²) in [4.78, 5) is 0. The highest BCUT2D eigenvalue weighted by molar-refractivity contribution is 5.89. The molecule has 1 aliphatic heterocycles. The first-order chi connectivity index (χ1) is 10.1. The fourth-order valence-electron chi connectivity index (χ4n) is 2.33. The molecule has 0 unspecified atom stereocenters. The van der Waals surface area contributed by atoms with Crippen LogP contribution in [-0.2, 0) is 4.74 Å². The average Bonchev–Trinajstić information content (AvgIpc) is 2.49. The summed E-state index contributed by atoms with van der Waals surface area (Å²) in [5.74, 6) is 0.509. The summed E-state index contributed by atoms with van der Waals surface area (Å²) < 4.78 is 10.7. The van der Waals surface area contributed by atoms with Gasteiger partial charge in [0.1, 0.15) is 29.8 Å². The zero-order valence-corrected chi connectivity index (χ0v) is 11.1. The van der Waals surface area contributed by atoms with E-state index in [4.69, 9.17) is 9.47 Å². The standard InChI is InChI=1S/C15H16O6/c16-11-3-1-2-8-4-5-9(6-10(8)11)21-15-14(19)13(18)12(17)7-20-15/h1-6,12-19H,7H2/t12-,13+,14-,15+/m1/s1. The van der Waals surface area contributed by atoms with Crippen LogP contribution < -0.4 is 4.74 Å². The van der Waals surface area contributed by atoms with Crippen LogP contribution >= 0.6 is 0 Å². The molecule has 3 rings (SSSR count). The van der Waals surface area contributed by atoms with Crippen LogP contribution in [-0.4, -0.2) is 51.6 Å². The molecule has 4 atom stereocenters. The first-order valence-corrected chi connectivity index (χ1v) is 6.60. The molecule has 6 heteroatoms. The Balaban J connectivity index is 1.83. The van der Waals surface area contributed by atoms with Gasteiger partial charge in [-0.1, -0.05) is 18.2 Å². The second-order valence-corrected chi connectivity index (χ2v) is 5.03. The lowest BCUT2D eigenvalue weighted by atomic mass is 10.1. The number of phenolic OH excluding ortho intramolecular Hbond substituents is 1. The normalized spacial score (nSPS) is 29.5. The van der Waals surface area contributed by atoms with Gasteiger partial charge in [-0.25, -0.2) is 0 Å². The lowest BCUT2D eigenvalue weighted by molar-refractivity contribution is -0.242. The average molecular weight is 292 g/mol. The maximum atomic E-state index is 9.83. The van der Waals surface area contributed by atoms with Gasteiger partial charge in [0, 0.05) is 5.39 Å². The summed E-state index contributed by atoms with van der Waals surface area (Å²) in [6.07, 6.45) is -4.89. The van der Waals surface area contributed by atoms with Crippen LogP contribution in [0.3, 0.4) is 0 Å². The molecule has 2 aromatic rings. The van der Waals surface area contributed by atoms with Gasteiger partial charge in [-0.2, -0.15) is 0 Å². The van der Waals surface area contributed by atoms with Crippen molar-refractivity contribution in [1.29, 1.82) is 0 Å². The van der Waals surface area contributed by atoms with Gasteiger partial charge in [-0.15, -0.1) is 0 Å². The van der Waals surface area contributed by atoms with Crippen LogP contribution in [0.2, 0.25) is 0 Å². The molecule has 2 aromatic carbocycles. The predicted octanol–water partition coefficient (Wildman–Crippen LogP) is 0.363. The van der Waals surface area contributed by atoms with Crippen molar-refractivity contribution >= 4 is 10.8 Å². The SMILES string of the molecule is Oc1cccc2ccc(O[C@@H]3OC[C@@H](O)[C@H](O)[C@H]3O)cc12. The Morgan fingerprint density at radius 1 is 1.05 bits per heavy atom. The van der Waals surface area contributed by atoms with E-state index in [1.807, 2.05) is 6.07 Å². The summed E-state index contributed by atoms with van der Waals surface area (Å²) in [5, 5.41) is 40.1. The highest BCUT2D eigenvalue weighted by atomic mass is 16.7. The molecular formula is C15H16O6. The van der Waals surface area contributed by atoms with Gasteiger partial charge < -0.3 is 29.9 Å². The molecule has 1 aliphatic rings. The van der Waals surface area contributed by atoms with E-state index in [0.29, 0.717) is 11.1 Å². The Morgan fingerprint density at radius 3 is 2.67 bits per heavy atom. The van der Waals surface area contributed by atoms with Gasteiger partial charge in [0.25, 0.3) is 0 Å². The zero-order valence-electron chi connectivity index (χ0n) is 11.1. The van der Waals surface area contributed by atoms with Crippen molar-refractivity contribution in [3.05, 3.63) is 36.4 Å². The summed E-state index contributed by atoms with van der Waals surface area (Å²) >= 11 is 0. The minimum atomic E-state index is -1.35. The number of aliphatic hydroxyl groups is 3. The summed E-state index contributed by atoms with van der Waals surface area (Å²) in [7, 11) is 0. The minimum absolute atomic E-state index is 0.123. The van der Waals surface area contributed by atoms with Crippen molar-refractivity contribution in [2.75, 3.05) is 6.61 Å². The molecule has 0 aromatic heterocycles. The Hall–Kier alpha value is -1.86. The van der Waals surface area contributed by atoms with Gasteiger partial charge in [0.05, 0.1) is 6.61 Å². The molecular weight excluding hydrogens is 276 g/mol. The maximum Gasteiger partial charge on any atom is 0.228 e. The molecule has 0 saturated carbocycles. The number of hydrogen-bond donors (Lipinski definition) is 4. The molecule has 1 saturated heterocycles. The molecule has 6 nitrogen and oxygen atoms in total. The van der Waals surface area contributed by atoms with E-state index in [1.165, 1.54) is 0 Å². The second-order valence-electron chi connectivity index (χ2n) is 5.03. The molecule has 0 bridgehead atoms. The summed E-state index contributed by atoms with van der Waals surface area (Å²) in [6.45, 7) is -0.123. The van der Waals surface area contributed by atoms with E-state index in [9.17, 15) is 20.4 Å². The molecule has 0 amide bonds. The number of fused-ring (bicyclic) bond motifs is 1. The fraction of sp³-hybridized carbons (Fsp3) is 0.333. The maximum absolute atomic E-state index is 9.83. The van der Waals surface area contributed by atoms with Gasteiger partial charge in [0.15, 0.2) is 0 Å². The van der Waals surface area contributed by atoms with Crippen molar-refractivity contribution in [3.63, 3.8) is 0 Å². The molecule has 112 valence electrons. The number of hydrogen-bond acceptors (Lipinski definition) is 6. The molecule has 1 fully saturated rings. The third-order valence-corrected chi connectivity index (χ3v) is 3.54. The lowest BCUT2D eigenvalue weighted by Gasteiger charge is -2.34. The molecule has 1 heterocycles. The fourth-order valence-corrected chi connectivity index (χ4v) is 2.33. The molecule has 4 N–H and O–H groups in total. The third-order valence-electron chi connectivity index (χ3n) is 3.54. The molecule has 0 radical (unpaired) electrons. The second kappa shape index (κ2) is 5.50. The highest BCUT2D eigenvalue weighted by Gasteiger charge is 2.38. The number of rotatable bonds is 2. The van der Waals surface area contributed by atoms with Crippen LogP contribution in [0.15, 0.2) is 36.4 Å². The van der Waals surface area contributed by atoms with Crippen LogP contribution in [0.1, 0.15) is 0 Å².